The Balaban J connectivity index is 2.89. The Morgan fingerprint density at radius 3 is 2.44 bits per heavy atom. The van der Waals surface area contributed by atoms with Gasteiger partial charge in [0.15, 0.2) is 0 Å². The number of carbonyl (C=O) groups is 1. The summed E-state index contributed by atoms with van der Waals surface area (Å²) >= 11 is 1.49. The predicted octanol–water partition coefficient (Wildman–Crippen LogP) is 2.70. The molecule has 2 unspecified atom stereocenters. The van der Waals surface area contributed by atoms with Crippen molar-refractivity contribution < 1.29 is 15.0 Å². The van der Waals surface area contributed by atoms with E-state index in [0.717, 1.165) is 11.3 Å². The molecule has 3 nitrogen and oxygen atoms in total. The minimum atomic E-state index is -0.936. The van der Waals surface area contributed by atoms with Gasteiger partial charge in [0, 0.05) is 9.75 Å². The highest BCUT2D eigenvalue weighted by atomic mass is 32.1. The van der Waals surface area contributed by atoms with Crippen LogP contribution in [0.1, 0.15) is 36.6 Å². The molecule has 0 bridgehead atoms. The molecule has 1 aromatic rings. The first-order valence-corrected chi connectivity index (χ1v) is 6.28. The van der Waals surface area contributed by atoms with Gasteiger partial charge in [0.25, 0.3) is 0 Å². The maximum absolute atomic E-state index is 11.1. The molecule has 0 amide bonds. The topological polar surface area (TPSA) is 57.5 Å². The van der Waals surface area contributed by atoms with Crippen molar-refractivity contribution in [3.05, 3.63) is 21.9 Å². The fraction of sp³-hybridized carbons (Fsp3) is 0.583. The van der Waals surface area contributed by atoms with E-state index in [0.29, 0.717) is 0 Å². The standard InChI is InChI=1S/C12H18O3S/c1-4-8-5-6-9(16-8)11(13)10(7(2)3)12(14)15/h5-7,10-11,13H,4H2,1-3H3,(H,14,15). The van der Waals surface area contributed by atoms with Crippen molar-refractivity contribution >= 4 is 17.3 Å². The van der Waals surface area contributed by atoms with Gasteiger partial charge >= 0.3 is 5.97 Å². The van der Waals surface area contributed by atoms with Gasteiger partial charge in [0.2, 0.25) is 0 Å². The fourth-order valence-corrected chi connectivity index (χ4v) is 2.69. The van der Waals surface area contributed by atoms with Gasteiger partial charge in [-0.3, -0.25) is 4.79 Å². The molecule has 0 aliphatic heterocycles. The lowest BCUT2D eigenvalue weighted by Gasteiger charge is -2.21. The number of hydrogen-bond donors (Lipinski definition) is 2. The summed E-state index contributed by atoms with van der Waals surface area (Å²) in [6, 6.07) is 3.77. The summed E-state index contributed by atoms with van der Waals surface area (Å²) in [4.78, 5) is 13.0. The van der Waals surface area contributed by atoms with Gasteiger partial charge < -0.3 is 10.2 Å². The number of carboxylic acids is 1. The van der Waals surface area contributed by atoms with E-state index < -0.39 is 18.0 Å². The molecule has 1 aromatic heterocycles. The molecule has 0 aliphatic rings. The van der Waals surface area contributed by atoms with Crippen LogP contribution in [0.25, 0.3) is 0 Å². The molecule has 1 rings (SSSR count). The van der Waals surface area contributed by atoms with Crippen LogP contribution in [0.4, 0.5) is 0 Å². The molecule has 2 atom stereocenters. The predicted molar refractivity (Wildman–Crippen MR) is 64.6 cm³/mol. The van der Waals surface area contributed by atoms with Crippen molar-refractivity contribution in [2.45, 2.75) is 33.3 Å². The first-order valence-electron chi connectivity index (χ1n) is 5.46. The third-order valence-electron chi connectivity index (χ3n) is 2.67. The van der Waals surface area contributed by atoms with Gasteiger partial charge in [-0.05, 0) is 24.5 Å². The molecule has 2 N–H and O–H groups in total. The lowest BCUT2D eigenvalue weighted by molar-refractivity contribution is -0.148. The van der Waals surface area contributed by atoms with Crippen molar-refractivity contribution in [3.63, 3.8) is 0 Å². The zero-order valence-corrected chi connectivity index (χ0v) is 10.6. The second-order valence-corrected chi connectivity index (χ2v) is 5.41. The quantitative estimate of drug-likeness (QED) is 0.834. The summed E-state index contributed by atoms with van der Waals surface area (Å²) in [6.45, 7) is 5.67. The Bertz CT molecular complexity index is 357. The molecule has 16 heavy (non-hydrogen) atoms. The average molecular weight is 242 g/mol. The normalized spacial score (nSPS) is 15.1. The highest BCUT2D eigenvalue weighted by Gasteiger charge is 2.31. The Morgan fingerprint density at radius 2 is 2.06 bits per heavy atom. The average Bonchev–Trinajstić information content (AvgIpc) is 2.64. The maximum atomic E-state index is 11.1. The zero-order valence-electron chi connectivity index (χ0n) is 9.80. The molecule has 1 heterocycles. The summed E-state index contributed by atoms with van der Waals surface area (Å²) in [6.07, 6.45) is 0.0133. The number of thiophene rings is 1. The highest BCUT2D eigenvalue weighted by molar-refractivity contribution is 7.12. The number of aliphatic carboxylic acids is 1. The van der Waals surface area contributed by atoms with Crippen molar-refractivity contribution in [1.82, 2.24) is 0 Å². The number of carboxylic acid groups (broad SMARTS) is 1. The van der Waals surface area contributed by atoms with E-state index in [1.54, 1.807) is 0 Å². The number of aryl methyl sites for hydroxylation is 1. The van der Waals surface area contributed by atoms with E-state index in [1.807, 2.05) is 32.9 Å². The van der Waals surface area contributed by atoms with Crippen LogP contribution in [0.15, 0.2) is 12.1 Å². The molecule has 0 aliphatic carbocycles. The van der Waals surface area contributed by atoms with Crippen LogP contribution in [0.3, 0.4) is 0 Å². The molecule has 0 radical (unpaired) electrons. The molecule has 0 aromatic carbocycles. The van der Waals surface area contributed by atoms with Gasteiger partial charge in [-0.15, -0.1) is 11.3 Å². The SMILES string of the molecule is CCc1ccc(C(O)C(C(=O)O)C(C)C)s1. The Hall–Kier alpha value is -0.870. The van der Waals surface area contributed by atoms with Gasteiger partial charge in [-0.1, -0.05) is 20.8 Å². The molecular formula is C12H18O3S. The second-order valence-electron chi connectivity index (χ2n) is 4.21. The largest absolute Gasteiger partial charge is 0.481 e. The Labute approximate surface area is 99.7 Å². The van der Waals surface area contributed by atoms with E-state index in [4.69, 9.17) is 5.11 Å². The number of hydrogen-bond acceptors (Lipinski definition) is 3. The summed E-state index contributed by atoms with van der Waals surface area (Å²) in [5, 5.41) is 19.1. The molecule has 0 spiro atoms. The number of aliphatic hydroxyl groups excluding tert-OH is 1. The first-order chi connectivity index (χ1) is 7.47. The van der Waals surface area contributed by atoms with E-state index in [-0.39, 0.29) is 5.92 Å². The Kier molecular flexibility index (Phi) is 4.50. The third kappa shape index (κ3) is 2.83. The van der Waals surface area contributed by atoms with Gasteiger partial charge in [-0.2, -0.15) is 0 Å². The highest BCUT2D eigenvalue weighted by Crippen LogP contribution is 2.32. The van der Waals surface area contributed by atoms with Gasteiger partial charge in [0.1, 0.15) is 6.10 Å². The van der Waals surface area contributed by atoms with Crippen LogP contribution < -0.4 is 0 Å². The third-order valence-corrected chi connectivity index (χ3v) is 3.97. The molecule has 90 valence electrons. The smallest absolute Gasteiger partial charge is 0.309 e. The second kappa shape index (κ2) is 5.46. The number of aliphatic hydroxyl groups is 1. The van der Waals surface area contributed by atoms with E-state index in [2.05, 4.69) is 0 Å². The number of rotatable bonds is 5. The van der Waals surface area contributed by atoms with Crippen LogP contribution >= 0.6 is 11.3 Å². The lowest BCUT2D eigenvalue weighted by Crippen LogP contribution is -2.26. The zero-order chi connectivity index (χ0) is 12.3. The lowest BCUT2D eigenvalue weighted by atomic mass is 9.89. The van der Waals surface area contributed by atoms with Crippen LogP contribution in [0.5, 0.6) is 0 Å². The Morgan fingerprint density at radius 1 is 1.44 bits per heavy atom. The molecule has 4 heteroatoms. The molecule has 0 saturated heterocycles. The minimum Gasteiger partial charge on any atom is -0.481 e. The summed E-state index contributed by atoms with van der Waals surface area (Å²) < 4.78 is 0. The van der Waals surface area contributed by atoms with Crippen molar-refractivity contribution in [3.8, 4) is 0 Å². The summed E-state index contributed by atoms with van der Waals surface area (Å²) in [5.41, 5.74) is 0. The van der Waals surface area contributed by atoms with Crippen LogP contribution in [-0.2, 0) is 11.2 Å². The first kappa shape index (κ1) is 13.2. The van der Waals surface area contributed by atoms with E-state index >= 15 is 0 Å². The van der Waals surface area contributed by atoms with Crippen LogP contribution in [0, 0.1) is 11.8 Å². The van der Waals surface area contributed by atoms with E-state index in [9.17, 15) is 9.90 Å². The van der Waals surface area contributed by atoms with Crippen LogP contribution in [0.2, 0.25) is 0 Å². The van der Waals surface area contributed by atoms with Crippen molar-refractivity contribution in [1.29, 1.82) is 0 Å². The molecular weight excluding hydrogens is 224 g/mol. The maximum Gasteiger partial charge on any atom is 0.309 e. The summed E-state index contributed by atoms with van der Waals surface area (Å²) in [5.74, 6) is -1.75. The van der Waals surface area contributed by atoms with Gasteiger partial charge in [-0.25, -0.2) is 0 Å². The fourth-order valence-electron chi connectivity index (χ4n) is 1.71. The molecule has 0 saturated carbocycles. The van der Waals surface area contributed by atoms with Crippen molar-refractivity contribution in [2.24, 2.45) is 11.8 Å². The molecule has 0 fully saturated rings. The summed E-state index contributed by atoms with van der Waals surface area (Å²) in [7, 11) is 0. The van der Waals surface area contributed by atoms with Crippen LogP contribution in [-0.4, -0.2) is 16.2 Å². The van der Waals surface area contributed by atoms with E-state index in [1.165, 1.54) is 16.2 Å². The minimum absolute atomic E-state index is 0.0836. The van der Waals surface area contributed by atoms with Gasteiger partial charge in [0.05, 0.1) is 5.92 Å². The van der Waals surface area contributed by atoms with Crippen molar-refractivity contribution in [2.75, 3.05) is 0 Å². The monoisotopic (exact) mass is 242 g/mol.